The number of hydrogen-bond acceptors (Lipinski definition) is 1. The van der Waals surface area contributed by atoms with Gasteiger partial charge in [-0.05, 0) is 51.0 Å². The van der Waals surface area contributed by atoms with Crippen LogP contribution in [0.2, 0.25) is 0 Å². The predicted octanol–water partition coefficient (Wildman–Crippen LogP) is 4.68. The topological polar surface area (TPSA) is 12.0 Å². The van der Waals surface area contributed by atoms with Crippen LogP contribution in [-0.4, -0.2) is 12.6 Å². The van der Waals surface area contributed by atoms with E-state index >= 15 is 0 Å². The minimum Gasteiger partial charge on any atom is -0.310 e. The third-order valence-electron chi connectivity index (χ3n) is 3.94. The van der Waals surface area contributed by atoms with Crippen LogP contribution in [0.1, 0.15) is 72.1 Å². The van der Waals surface area contributed by atoms with E-state index in [9.17, 15) is 0 Å². The third-order valence-corrected chi connectivity index (χ3v) is 3.94. The lowest BCUT2D eigenvalue weighted by Crippen LogP contribution is -2.38. The Bertz CT molecular complexity index is 214. The van der Waals surface area contributed by atoms with Crippen molar-refractivity contribution in [3.05, 3.63) is 11.6 Å². The Morgan fingerprint density at radius 1 is 1.12 bits per heavy atom. The van der Waals surface area contributed by atoms with Crippen molar-refractivity contribution in [3.63, 3.8) is 0 Å². The van der Waals surface area contributed by atoms with Gasteiger partial charge in [0.2, 0.25) is 0 Å². The van der Waals surface area contributed by atoms with E-state index in [-0.39, 0.29) is 0 Å². The summed E-state index contributed by atoms with van der Waals surface area (Å²) in [5.41, 5.74) is 1.71. The first-order valence-corrected chi connectivity index (χ1v) is 7.75. The van der Waals surface area contributed by atoms with Gasteiger partial charge in [0.1, 0.15) is 0 Å². The van der Waals surface area contributed by atoms with Crippen LogP contribution in [0.25, 0.3) is 0 Å². The highest BCUT2D eigenvalue weighted by Gasteiger charge is 2.23. The summed E-state index contributed by atoms with van der Waals surface area (Å²) in [5.74, 6) is 0.856. The Balaban J connectivity index is 2.68. The monoisotopic (exact) mass is 237 g/mol. The first-order valence-electron chi connectivity index (χ1n) is 7.75. The molecular weight excluding hydrogens is 206 g/mol. The Morgan fingerprint density at radius 2 is 1.82 bits per heavy atom. The zero-order valence-electron chi connectivity index (χ0n) is 12.1. The third kappa shape index (κ3) is 4.83. The fourth-order valence-corrected chi connectivity index (χ4v) is 3.19. The van der Waals surface area contributed by atoms with Crippen LogP contribution in [0.15, 0.2) is 11.6 Å². The molecule has 0 saturated heterocycles. The molecule has 0 radical (unpaired) electrons. The molecule has 0 aliphatic heterocycles. The first kappa shape index (κ1) is 14.8. The molecular formula is C16H31N. The molecule has 1 N–H and O–H groups in total. The highest BCUT2D eigenvalue weighted by Crippen LogP contribution is 2.28. The van der Waals surface area contributed by atoms with Gasteiger partial charge in [0.25, 0.3) is 0 Å². The van der Waals surface area contributed by atoms with Crippen molar-refractivity contribution in [1.82, 2.24) is 5.32 Å². The van der Waals surface area contributed by atoms with E-state index in [1.807, 2.05) is 0 Å². The molecule has 1 unspecified atom stereocenters. The van der Waals surface area contributed by atoms with Gasteiger partial charge in [-0.1, -0.05) is 45.3 Å². The molecule has 1 nitrogen and oxygen atoms in total. The Labute approximate surface area is 108 Å². The molecule has 1 atom stereocenters. The van der Waals surface area contributed by atoms with Gasteiger partial charge < -0.3 is 5.32 Å². The number of allylic oxidation sites excluding steroid dienone is 1. The van der Waals surface area contributed by atoms with Gasteiger partial charge in [-0.15, -0.1) is 0 Å². The number of likely N-dealkylation sites (N-methyl/N-ethyl adjacent to an activating group) is 1. The lowest BCUT2D eigenvalue weighted by Gasteiger charge is -2.31. The van der Waals surface area contributed by atoms with Crippen LogP contribution in [0.5, 0.6) is 0 Å². The molecule has 0 saturated carbocycles. The van der Waals surface area contributed by atoms with Crippen LogP contribution < -0.4 is 5.32 Å². The largest absolute Gasteiger partial charge is 0.310 e. The van der Waals surface area contributed by atoms with Gasteiger partial charge in [0.05, 0.1) is 0 Å². The normalized spacial score (nSPS) is 18.2. The average molecular weight is 237 g/mol. The van der Waals surface area contributed by atoms with Crippen molar-refractivity contribution in [1.29, 1.82) is 0 Å². The maximum absolute atomic E-state index is 3.75. The van der Waals surface area contributed by atoms with E-state index in [1.54, 1.807) is 5.57 Å². The van der Waals surface area contributed by atoms with Crippen LogP contribution in [0.4, 0.5) is 0 Å². The fourth-order valence-electron chi connectivity index (χ4n) is 3.19. The van der Waals surface area contributed by atoms with Crippen molar-refractivity contribution < 1.29 is 0 Å². The van der Waals surface area contributed by atoms with E-state index in [2.05, 4.69) is 32.2 Å². The summed E-state index contributed by atoms with van der Waals surface area (Å²) >= 11 is 0. The zero-order chi connectivity index (χ0) is 12.5. The van der Waals surface area contributed by atoms with Gasteiger partial charge in [0, 0.05) is 6.04 Å². The van der Waals surface area contributed by atoms with E-state index in [0.29, 0.717) is 6.04 Å². The van der Waals surface area contributed by atoms with Crippen molar-refractivity contribution in [2.24, 2.45) is 5.92 Å². The Hall–Kier alpha value is -0.300. The summed E-state index contributed by atoms with van der Waals surface area (Å²) in [4.78, 5) is 0. The van der Waals surface area contributed by atoms with Crippen LogP contribution in [0, 0.1) is 5.92 Å². The molecule has 0 aromatic rings. The standard InChI is InChI=1S/C16H31N/c1-4-10-14(11-5-2)16(17-6-3)15-12-8-7-9-13-15/h12,14,16-17H,4-11,13H2,1-3H3. The molecule has 1 aliphatic rings. The van der Waals surface area contributed by atoms with E-state index in [4.69, 9.17) is 0 Å². The van der Waals surface area contributed by atoms with E-state index in [1.165, 1.54) is 51.4 Å². The summed E-state index contributed by atoms with van der Waals surface area (Å²) < 4.78 is 0. The molecule has 0 heterocycles. The van der Waals surface area contributed by atoms with Gasteiger partial charge in [-0.2, -0.15) is 0 Å². The van der Waals surface area contributed by atoms with Crippen LogP contribution >= 0.6 is 0 Å². The van der Waals surface area contributed by atoms with Crippen molar-refractivity contribution in [2.45, 2.75) is 78.2 Å². The minimum absolute atomic E-state index is 0.667. The summed E-state index contributed by atoms with van der Waals surface area (Å²) in [7, 11) is 0. The molecule has 17 heavy (non-hydrogen) atoms. The maximum Gasteiger partial charge on any atom is 0.0307 e. The van der Waals surface area contributed by atoms with E-state index < -0.39 is 0 Å². The van der Waals surface area contributed by atoms with Crippen LogP contribution in [-0.2, 0) is 0 Å². The zero-order valence-corrected chi connectivity index (χ0v) is 12.1. The smallest absolute Gasteiger partial charge is 0.0307 e. The molecule has 1 heteroatoms. The van der Waals surface area contributed by atoms with Crippen LogP contribution in [0.3, 0.4) is 0 Å². The summed E-state index contributed by atoms with van der Waals surface area (Å²) in [6.07, 6.45) is 13.4. The highest BCUT2D eigenvalue weighted by molar-refractivity contribution is 5.14. The minimum atomic E-state index is 0.667. The van der Waals surface area contributed by atoms with Crippen molar-refractivity contribution >= 4 is 0 Å². The highest BCUT2D eigenvalue weighted by atomic mass is 14.9. The second kappa shape index (κ2) is 8.74. The molecule has 1 rings (SSSR count). The second-order valence-corrected chi connectivity index (χ2v) is 5.40. The molecule has 100 valence electrons. The summed E-state index contributed by atoms with van der Waals surface area (Å²) in [6, 6.07) is 0.667. The Morgan fingerprint density at radius 3 is 2.29 bits per heavy atom. The molecule has 0 aromatic carbocycles. The molecule has 0 aromatic heterocycles. The maximum atomic E-state index is 3.75. The first-order chi connectivity index (χ1) is 8.33. The molecule has 1 aliphatic carbocycles. The SMILES string of the molecule is CCCC(CCC)C(NCC)C1=CCCCC1. The van der Waals surface area contributed by atoms with Gasteiger partial charge >= 0.3 is 0 Å². The number of rotatable bonds is 8. The number of hydrogen-bond donors (Lipinski definition) is 1. The van der Waals surface area contributed by atoms with Crippen molar-refractivity contribution in [3.8, 4) is 0 Å². The molecule has 0 amide bonds. The molecule has 0 spiro atoms. The van der Waals surface area contributed by atoms with E-state index in [0.717, 1.165) is 12.5 Å². The fraction of sp³-hybridized carbons (Fsp3) is 0.875. The quantitative estimate of drug-likeness (QED) is 0.604. The summed E-state index contributed by atoms with van der Waals surface area (Å²) in [5, 5.41) is 3.75. The predicted molar refractivity (Wildman–Crippen MR) is 77.3 cm³/mol. The molecule has 0 bridgehead atoms. The average Bonchev–Trinajstić information content (AvgIpc) is 2.37. The van der Waals surface area contributed by atoms with Gasteiger partial charge in [-0.25, -0.2) is 0 Å². The lowest BCUT2D eigenvalue weighted by molar-refractivity contribution is 0.336. The second-order valence-electron chi connectivity index (χ2n) is 5.40. The number of nitrogens with one attached hydrogen (secondary N) is 1. The Kier molecular flexibility index (Phi) is 7.59. The van der Waals surface area contributed by atoms with Gasteiger partial charge in [0.15, 0.2) is 0 Å². The summed E-state index contributed by atoms with van der Waals surface area (Å²) in [6.45, 7) is 7.99. The van der Waals surface area contributed by atoms with Gasteiger partial charge in [-0.3, -0.25) is 0 Å². The molecule has 0 fully saturated rings. The lowest BCUT2D eigenvalue weighted by atomic mass is 9.82. The van der Waals surface area contributed by atoms with Crippen molar-refractivity contribution in [2.75, 3.05) is 6.54 Å².